The van der Waals surface area contributed by atoms with Crippen molar-refractivity contribution in [3.05, 3.63) is 24.3 Å². The highest BCUT2D eigenvalue weighted by molar-refractivity contribution is 5.31. The molecule has 0 amide bonds. The molecule has 1 rings (SSSR count). The second-order valence-electron chi connectivity index (χ2n) is 3.98. The molecule has 0 aromatic rings. The Morgan fingerprint density at radius 2 is 2.17 bits per heavy atom. The number of methoxy groups -OCH3 is 1. The van der Waals surface area contributed by atoms with Crippen LogP contribution in [0.15, 0.2) is 24.3 Å². The summed E-state index contributed by atoms with van der Waals surface area (Å²) in [6, 6.07) is 0. The molecule has 2 heteroatoms. The van der Waals surface area contributed by atoms with E-state index in [2.05, 4.69) is 30.6 Å². The van der Waals surface area contributed by atoms with Crippen LogP contribution in [0.4, 0.5) is 0 Å². The molecule has 2 nitrogen and oxygen atoms in total. The Labute approximate surface area is 110 Å². The van der Waals surface area contributed by atoms with Crippen molar-refractivity contribution in [2.45, 2.75) is 45.0 Å². The largest absolute Gasteiger partial charge is 0.356 e. The zero-order chi connectivity index (χ0) is 13.1. The van der Waals surface area contributed by atoms with Gasteiger partial charge in [0.15, 0.2) is 6.29 Å². The van der Waals surface area contributed by atoms with Crippen LogP contribution in [0.1, 0.15) is 32.6 Å². The van der Waals surface area contributed by atoms with Gasteiger partial charge in [-0.05, 0) is 30.8 Å². The Hall–Kier alpha value is -1.48. The van der Waals surface area contributed by atoms with Crippen LogP contribution in [0.5, 0.6) is 0 Å². The molecular weight excluding hydrogens is 224 g/mol. The minimum Gasteiger partial charge on any atom is -0.356 e. The number of hydrogen-bond acceptors (Lipinski definition) is 2. The van der Waals surface area contributed by atoms with Crippen molar-refractivity contribution in [2.24, 2.45) is 0 Å². The van der Waals surface area contributed by atoms with Crippen LogP contribution >= 0.6 is 0 Å². The highest BCUT2D eigenvalue weighted by Gasteiger charge is 2.22. The van der Waals surface area contributed by atoms with E-state index in [1.54, 1.807) is 13.2 Å². The molecule has 1 aliphatic rings. The average molecular weight is 244 g/mol. The number of unbranched alkanes of at least 4 members (excludes halogenated alkanes) is 1. The summed E-state index contributed by atoms with van der Waals surface area (Å²) in [5.41, 5.74) is 0. The summed E-state index contributed by atoms with van der Waals surface area (Å²) in [6.45, 7) is 2.10. The molecule has 0 N–H and O–H groups in total. The third-order valence-electron chi connectivity index (χ3n) is 2.49. The molecule has 0 unspecified atom stereocenters. The van der Waals surface area contributed by atoms with E-state index in [9.17, 15) is 0 Å². The Morgan fingerprint density at radius 3 is 2.89 bits per heavy atom. The summed E-state index contributed by atoms with van der Waals surface area (Å²) in [4.78, 5) is 0. The van der Waals surface area contributed by atoms with E-state index in [-0.39, 0.29) is 12.4 Å². The van der Waals surface area contributed by atoms with Crippen LogP contribution in [0, 0.1) is 23.7 Å². The van der Waals surface area contributed by atoms with Gasteiger partial charge in [0.2, 0.25) is 0 Å². The minimum absolute atomic E-state index is 0.0442. The molecule has 0 aromatic carbocycles. The minimum atomic E-state index is -0.0442. The van der Waals surface area contributed by atoms with Gasteiger partial charge in [0.05, 0.1) is 6.10 Å². The number of hydrogen-bond donors (Lipinski definition) is 0. The monoisotopic (exact) mass is 244 g/mol. The van der Waals surface area contributed by atoms with Gasteiger partial charge in [-0.2, -0.15) is 0 Å². The molecule has 2 atom stereocenters. The summed E-state index contributed by atoms with van der Waals surface area (Å²) in [5.74, 6) is 11.4. The quantitative estimate of drug-likeness (QED) is 0.559. The zero-order valence-corrected chi connectivity index (χ0v) is 11.1. The molecule has 0 aliphatic carbocycles. The first-order chi connectivity index (χ1) is 8.86. The molecule has 1 fully saturated rings. The summed E-state index contributed by atoms with van der Waals surface area (Å²) in [5, 5.41) is 0. The first kappa shape index (κ1) is 14.6. The molecule has 0 radical (unpaired) electrons. The third-order valence-corrected chi connectivity index (χ3v) is 2.49. The average Bonchev–Trinajstić information content (AvgIpc) is 2.85. The van der Waals surface area contributed by atoms with Crippen LogP contribution in [0.25, 0.3) is 0 Å². The number of ether oxygens (including phenoxy) is 2. The Kier molecular flexibility index (Phi) is 7.73. The van der Waals surface area contributed by atoms with Crippen molar-refractivity contribution < 1.29 is 9.47 Å². The van der Waals surface area contributed by atoms with Gasteiger partial charge >= 0.3 is 0 Å². The standard InChI is InChI=1S/C16H20O2/c1-3-4-5-6-7-8-9-10-11-12-15-13-14-16(17-2)18-15/h9-12,15-16H,3-4,13-14H2,1-2H3/b10-9+,12-11+/t15-,16-/m0/s1. The van der Waals surface area contributed by atoms with E-state index in [1.807, 2.05) is 18.2 Å². The molecule has 0 aromatic heterocycles. The van der Waals surface area contributed by atoms with E-state index < -0.39 is 0 Å². The second-order valence-corrected chi connectivity index (χ2v) is 3.98. The first-order valence-corrected chi connectivity index (χ1v) is 6.36. The zero-order valence-electron chi connectivity index (χ0n) is 11.1. The lowest BCUT2D eigenvalue weighted by Crippen LogP contribution is -2.10. The smallest absolute Gasteiger partial charge is 0.158 e. The number of allylic oxidation sites excluding steroid dienone is 3. The van der Waals surface area contributed by atoms with Crippen molar-refractivity contribution in [1.82, 2.24) is 0 Å². The highest BCUT2D eigenvalue weighted by Crippen LogP contribution is 2.20. The van der Waals surface area contributed by atoms with E-state index in [4.69, 9.17) is 9.47 Å². The molecular formula is C16H20O2. The predicted molar refractivity (Wildman–Crippen MR) is 73.6 cm³/mol. The van der Waals surface area contributed by atoms with Gasteiger partial charge in [-0.15, -0.1) is 0 Å². The SMILES string of the molecule is CCCC#CC#C/C=C/C=C/[C@H]1CC[C@@H](OC)O1. The normalized spacial score (nSPS) is 22.8. The summed E-state index contributed by atoms with van der Waals surface area (Å²) < 4.78 is 10.7. The summed E-state index contributed by atoms with van der Waals surface area (Å²) in [6.07, 6.45) is 11.8. The van der Waals surface area contributed by atoms with Crippen LogP contribution < -0.4 is 0 Å². The Morgan fingerprint density at radius 1 is 1.28 bits per heavy atom. The van der Waals surface area contributed by atoms with Gasteiger partial charge in [-0.25, -0.2) is 0 Å². The van der Waals surface area contributed by atoms with E-state index in [0.717, 1.165) is 25.7 Å². The van der Waals surface area contributed by atoms with Crippen molar-refractivity contribution in [2.75, 3.05) is 7.11 Å². The summed E-state index contributed by atoms with van der Waals surface area (Å²) in [7, 11) is 1.67. The van der Waals surface area contributed by atoms with Gasteiger partial charge < -0.3 is 9.47 Å². The number of rotatable bonds is 4. The van der Waals surface area contributed by atoms with Gasteiger partial charge in [0, 0.05) is 20.0 Å². The van der Waals surface area contributed by atoms with Gasteiger partial charge in [0.25, 0.3) is 0 Å². The van der Waals surface area contributed by atoms with Gasteiger partial charge in [-0.3, -0.25) is 0 Å². The topological polar surface area (TPSA) is 18.5 Å². The van der Waals surface area contributed by atoms with E-state index in [1.165, 1.54) is 0 Å². The maximum absolute atomic E-state index is 5.58. The second kappa shape index (κ2) is 9.54. The molecule has 1 heterocycles. The fraction of sp³-hybridized carbons (Fsp3) is 0.500. The lowest BCUT2D eigenvalue weighted by molar-refractivity contribution is -0.104. The van der Waals surface area contributed by atoms with Crippen LogP contribution in [0.2, 0.25) is 0 Å². The van der Waals surface area contributed by atoms with Crippen LogP contribution in [-0.2, 0) is 9.47 Å². The van der Waals surface area contributed by atoms with Crippen molar-refractivity contribution in [3.8, 4) is 23.7 Å². The molecule has 0 spiro atoms. The molecule has 18 heavy (non-hydrogen) atoms. The highest BCUT2D eigenvalue weighted by atomic mass is 16.7. The van der Waals surface area contributed by atoms with Gasteiger partial charge in [-0.1, -0.05) is 37.0 Å². The lowest BCUT2D eigenvalue weighted by atomic mass is 10.2. The Balaban J connectivity index is 2.22. The maximum Gasteiger partial charge on any atom is 0.158 e. The first-order valence-electron chi connectivity index (χ1n) is 6.36. The molecule has 0 bridgehead atoms. The molecule has 96 valence electrons. The van der Waals surface area contributed by atoms with Crippen LogP contribution in [-0.4, -0.2) is 19.5 Å². The Bertz CT molecular complexity index is 398. The van der Waals surface area contributed by atoms with Crippen molar-refractivity contribution >= 4 is 0 Å². The van der Waals surface area contributed by atoms with Gasteiger partial charge in [0.1, 0.15) is 0 Å². The lowest BCUT2D eigenvalue weighted by Gasteiger charge is -2.07. The molecule has 0 saturated carbocycles. The fourth-order valence-corrected chi connectivity index (χ4v) is 1.55. The van der Waals surface area contributed by atoms with Crippen molar-refractivity contribution in [3.63, 3.8) is 0 Å². The summed E-state index contributed by atoms with van der Waals surface area (Å²) >= 11 is 0. The predicted octanol–water partition coefficient (Wildman–Crippen LogP) is 3.06. The molecule has 1 aliphatic heterocycles. The fourth-order valence-electron chi connectivity index (χ4n) is 1.55. The van der Waals surface area contributed by atoms with Crippen molar-refractivity contribution in [1.29, 1.82) is 0 Å². The maximum atomic E-state index is 5.58. The third kappa shape index (κ3) is 6.30. The van der Waals surface area contributed by atoms with Crippen LogP contribution in [0.3, 0.4) is 0 Å². The molecule has 1 saturated heterocycles. The van der Waals surface area contributed by atoms with E-state index >= 15 is 0 Å². The van der Waals surface area contributed by atoms with E-state index in [0.29, 0.717) is 0 Å².